The van der Waals surface area contributed by atoms with Crippen molar-refractivity contribution < 1.29 is 75.7 Å². The van der Waals surface area contributed by atoms with Crippen molar-refractivity contribution in [3.63, 3.8) is 0 Å². The Hall–Kier alpha value is -6.08. The number of aromatic nitrogens is 2. The summed E-state index contributed by atoms with van der Waals surface area (Å²) in [6.07, 6.45) is 1.07. The molecular formula is C49H56N6O17P3+. The van der Waals surface area contributed by atoms with Gasteiger partial charge in [0.1, 0.15) is 36.2 Å². The number of phosphoric ester groups is 1. The van der Waals surface area contributed by atoms with Gasteiger partial charge in [0.15, 0.2) is 5.54 Å². The van der Waals surface area contributed by atoms with Gasteiger partial charge in [-0.1, -0.05) is 17.9 Å². The minimum Gasteiger partial charge on any atom is -0.478 e. The van der Waals surface area contributed by atoms with Crippen LogP contribution in [0.4, 0.5) is 11.5 Å². The minimum atomic E-state index is -5.81. The Morgan fingerprint density at radius 1 is 0.933 bits per heavy atom. The number of aliphatic hydroxyl groups excluding tert-OH is 1. The van der Waals surface area contributed by atoms with Gasteiger partial charge in [-0.3, -0.25) is 13.9 Å². The van der Waals surface area contributed by atoms with Crippen LogP contribution in [0, 0.1) is 11.8 Å². The molecular weight excluding hydrogens is 1040 g/mol. The van der Waals surface area contributed by atoms with Crippen molar-refractivity contribution in [2.75, 3.05) is 36.9 Å². The molecule has 0 aliphatic carbocycles. The Balaban J connectivity index is 1.10. The molecule has 26 heteroatoms. The lowest BCUT2D eigenvalue weighted by Gasteiger charge is -2.43. The lowest BCUT2D eigenvalue weighted by molar-refractivity contribution is -0.0449. The summed E-state index contributed by atoms with van der Waals surface area (Å²) in [6.45, 7) is 17.0. The van der Waals surface area contributed by atoms with Crippen LogP contribution in [0.15, 0.2) is 65.6 Å². The highest BCUT2D eigenvalue weighted by Gasteiger charge is 2.43. The lowest BCUT2D eigenvalue weighted by atomic mass is 9.83. The number of carbonyl (C=O) groups is 2. The largest absolute Gasteiger partial charge is 0.490 e. The number of aromatic carboxylic acids is 1. The van der Waals surface area contributed by atoms with Gasteiger partial charge >= 0.3 is 35.1 Å². The number of anilines is 2. The number of benzene rings is 3. The number of nitrogen functional groups attached to an aromatic ring is 1. The van der Waals surface area contributed by atoms with E-state index in [1.807, 2.05) is 38.1 Å². The van der Waals surface area contributed by atoms with E-state index in [9.17, 15) is 48.1 Å². The number of carbonyl (C=O) groups excluding carboxylic acids is 1. The summed E-state index contributed by atoms with van der Waals surface area (Å²) in [5.41, 5.74) is 11.0. The minimum absolute atomic E-state index is 0.00391. The van der Waals surface area contributed by atoms with Crippen LogP contribution in [0.3, 0.4) is 0 Å². The molecule has 9 N–H and O–H groups in total. The highest BCUT2D eigenvalue weighted by Crippen LogP contribution is 2.66. The number of nitrogens with one attached hydrogen (secondary N) is 1. The van der Waals surface area contributed by atoms with Crippen LogP contribution in [0.2, 0.25) is 0 Å². The van der Waals surface area contributed by atoms with Gasteiger partial charge < -0.3 is 55.2 Å². The molecule has 0 radical (unpaired) electrons. The van der Waals surface area contributed by atoms with E-state index in [-0.39, 0.29) is 52.1 Å². The first kappa shape index (κ1) is 55.2. The van der Waals surface area contributed by atoms with E-state index in [0.717, 1.165) is 37.9 Å². The Kier molecular flexibility index (Phi) is 14.8. The molecule has 1 aromatic heterocycles. The summed E-state index contributed by atoms with van der Waals surface area (Å²) in [5.74, 6) is 4.43. The SMILES string of the molecule is CCN1c2cc3c(cc2C(C)=CC1(C)C)C(c1cc(C(=O)NCC#Cc2cn([C@H]4C[C@H](O)[C@@H](COP(=O)(O)OP(=O)(O)OP(=O)(O)O)O4)c(=O)nc2N)ccc1C(=O)O)=c1cc2c(cc1O3)=[N+](CC)C(C)(C)C=C2C. The number of carboxylic acids is 1. The zero-order valence-corrected chi connectivity index (χ0v) is 44.6. The lowest BCUT2D eigenvalue weighted by Crippen LogP contribution is -2.49. The molecule has 0 spiro atoms. The van der Waals surface area contributed by atoms with E-state index >= 15 is 0 Å². The first-order valence-corrected chi connectivity index (χ1v) is 28.0. The van der Waals surface area contributed by atoms with Crippen LogP contribution < -0.4 is 41.5 Å². The molecule has 0 bridgehead atoms. The third-order valence-electron chi connectivity index (χ3n) is 13.2. The van der Waals surface area contributed by atoms with Gasteiger partial charge in [0, 0.05) is 77.8 Å². The summed E-state index contributed by atoms with van der Waals surface area (Å²) < 4.78 is 62.5. The van der Waals surface area contributed by atoms with Gasteiger partial charge in [-0.05, 0) is 94.7 Å². The quantitative estimate of drug-likeness (QED) is 0.0434. The van der Waals surface area contributed by atoms with Crippen LogP contribution in [-0.4, -0.2) is 101 Å². The first-order valence-electron chi connectivity index (χ1n) is 23.4. The number of hydrogen-bond donors (Lipinski definition) is 8. The zero-order valence-electron chi connectivity index (χ0n) is 41.9. The summed E-state index contributed by atoms with van der Waals surface area (Å²) in [6, 6.07) is 12.4. The maximum atomic E-state index is 14.0. The van der Waals surface area contributed by atoms with Crippen molar-refractivity contribution >= 4 is 63.6 Å². The van der Waals surface area contributed by atoms with E-state index in [2.05, 4.69) is 98.5 Å². The second-order valence-corrected chi connectivity index (χ2v) is 23.7. The average molecular weight is 1090 g/mol. The molecule has 4 aliphatic heterocycles. The van der Waals surface area contributed by atoms with Crippen molar-refractivity contribution in [2.45, 2.75) is 91.3 Å². The number of ether oxygens (including phenoxy) is 2. The van der Waals surface area contributed by atoms with Crippen LogP contribution in [-0.2, 0) is 31.6 Å². The monoisotopic (exact) mass is 1090 g/mol. The van der Waals surface area contributed by atoms with Crippen molar-refractivity contribution in [2.24, 2.45) is 0 Å². The number of rotatable bonds is 14. The molecule has 4 aliphatic rings. The number of likely N-dealkylation sites (N-methyl/N-ethyl adjacent to an activating group) is 2. The van der Waals surface area contributed by atoms with Gasteiger partial charge in [0.25, 0.3) is 5.91 Å². The molecule has 23 nitrogen and oxygen atoms in total. The number of allylic oxidation sites excluding steroid dienone is 2. The normalized spacial score (nSPS) is 20.9. The number of amides is 1. The van der Waals surface area contributed by atoms with Gasteiger partial charge in [0.05, 0.1) is 42.0 Å². The topological polar surface area (TPSA) is 332 Å². The molecule has 1 saturated heterocycles. The number of nitrogens with two attached hydrogens (primary N) is 1. The fourth-order valence-corrected chi connectivity index (χ4v) is 13.2. The molecule has 398 valence electrons. The molecule has 2 unspecified atom stereocenters. The van der Waals surface area contributed by atoms with Crippen molar-refractivity contribution in [1.29, 1.82) is 0 Å². The number of phosphoric acid groups is 3. The highest BCUT2D eigenvalue weighted by molar-refractivity contribution is 7.66. The summed E-state index contributed by atoms with van der Waals surface area (Å²) in [4.78, 5) is 82.9. The number of aliphatic hydroxyl groups is 1. The van der Waals surface area contributed by atoms with E-state index < -0.39 is 66.1 Å². The molecule has 4 aromatic rings. The van der Waals surface area contributed by atoms with Crippen molar-refractivity contribution in [3.8, 4) is 23.3 Å². The van der Waals surface area contributed by atoms with Crippen LogP contribution in [0.5, 0.6) is 11.5 Å². The van der Waals surface area contributed by atoms with Crippen LogP contribution >= 0.6 is 23.5 Å². The maximum Gasteiger partial charge on any atom is 0.490 e. The average Bonchev–Trinajstić information content (AvgIpc) is 3.66. The molecule has 0 saturated carbocycles. The Morgan fingerprint density at radius 2 is 1.64 bits per heavy atom. The van der Waals surface area contributed by atoms with E-state index in [4.69, 9.17) is 25.0 Å². The molecule has 8 rings (SSSR count). The third-order valence-corrected chi connectivity index (χ3v) is 17.0. The number of nitrogens with zero attached hydrogens (tertiary/aromatic N) is 4. The Labute approximate surface area is 429 Å². The Morgan fingerprint density at radius 3 is 2.31 bits per heavy atom. The predicted molar refractivity (Wildman–Crippen MR) is 274 cm³/mol. The van der Waals surface area contributed by atoms with Crippen LogP contribution in [0.1, 0.15) is 117 Å². The standard InChI is InChI=1S/C49H55N6O17P3/c1-9-54-36-19-39-34(17-31(36)26(3)22-48(54,5)6)43(35-18-32-27(4)23-49(7,8)55(10-2)37(32)20-40(35)69-39)33-16-28(13-14-30(33)46(58)59)45(57)51-15-11-12-29-24-53(47(60)52-44(29)50)42-21-38(56)41(70-42)25-68-74(64,65)72-75(66,67)71-73(61,62)63/h13-14,16-20,22-24,38,41-42,56H,9-10,15,21,25H2,1-8H3,(H7-,50,51,52,57,58,59,60,61,62,63,64,65,66,67)/p+1/t38-,41+,42+/m0/s1. The first-order chi connectivity index (χ1) is 34.9. The second-order valence-electron chi connectivity index (χ2n) is 19.3. The number of carboxylic acid groups (broad SMARTS) is 1. The predicted octanol–water partition coefficient (Wildman–Crippen LogP) is 4.38. The van der Waals surface area contributed by atoms with Crippen molar-refractivity contribution in [1.82, 2.24) is 19.4 Å². The summed E-state index contributed by atoms with van der Waals surface area (Å²) >= 11 is 0. The number of hydrogen-bond acceptors (Lipinski definition) is 15. The summed E-state index contributed by atoms with van der Waals surface area (Å²) in [7, 11) is -17.0. The van der Waals surface area contributed by atoms with Crippen LogP contribution in [0.25, 0.3) is 16.7 Å². The van der Waals surface area contributed by atoms with Gasteiger partial charge in [0.2, 0.25) is 5.36 Å². The fourth-order valence-electron chi connectivity index (χ4n) is 10.2. The van der Waals surface area contributed by atoms with Gasteiger partial charge in [-0.2, -0.15) is 13.6 Å². The van der Waals surface area contributed by atoms with Gasteiger partial charge in [-0.25, -0.2) is 27.9 Å². The molecule has 3 aromatic carbocycles. The smallest absolute Gasteiger partial charge is 0.478 e. The third kappa shape index (κ3) is 11.3. The Bertz CT molecular complexity index is 3570. The number of fused-ring (bicyclic) bond motifs is 4. The van der Waals surface area contributed by atoms with E-state index in [0.29, 0.717) is 40.9 Å². The molecule has 1 amide bonds. The maximum absolute atomic E-state index is 14.0. The molecule has 5 heterocycles. The van der Waals surface area contributed by atoms with Gasteiger partial charge in [-0.15, -0.1) is 0 Å². The van der Waals surface area contributed by atoms with E-state index in [1.54, 1.807) is 0 Å². The van der Waals surface area contributed by atoms with E-state index in [1.165, 1.54) is 24.4 Å². The highest BCUT2D eigenvalue weighted by atomic mass is 31.3. The zero-order chi connectivity index (χ0) is 54.9. The molecule has 5 atom stereocenters. The molecule has 1 fully saturated rings. The fraction of sp³-hybridized carbons (Fsp3) is 0.367. The molecule has 75 heavy (non-hydrogen) atoms. The second kappa shape index (κ2) is 20.1. The van der Waals surface area contributed by atoms with Crippen molar-refractivity contribution in [3.05, 3.63) is 121 Å². The summed E-state index contributed by atoms with van der Waals surface area (Å²) in [5, 5.41) is 25.7.